The fourth-order valence-electron chi connectivity index (χ4n) is 2.24. The SMILES string of the molecule is O=C(O)CCCOc1ccc(CNC(=O)Cc2cccc(F)c2F)cc1. The molecule has 5 nitrogen and oxygen atoms in total. The number of halogens is 2. The van der Waals surface area contributed by atoms with Crippen LogP contribution in [0.3, 0.4) is 0 Å². The van der Waals surface area contributed by atoms with Gasteiger partial charge in [0.1, 0.15) is 5.75 Å². The number of nitrogens with one attached hydrogen (secondary N) is 1. The van der Waals surface area contributed by atoms with Gasteiger partial charge >= 0.3 is 5.97 Å². The van der Waals surface area contributed by atoms with Crippen LogP contribution >= 0.6 is 0 Å². The summed E-state index contributed by atoms with van der Waals surface area (Å²) < 4.78 is 32.1. The van der Waals surface area contributed by atoms with E-state index in [1.807, 2.05) is 0 Å². The highest BCUT2D eigenvalue weighted by molar-refractivity contribution is 5.78. The Hall–Kier alpha value is -2.96. The molecule has 7 heteroatoms. The molecule has 138 valence electrons. The molecule has 0 saturated carbocycles. The lowest BCUT2D eigenvalue weighted by molar-refractivity contribution is -0.137. The third-order valence-electron chi connectivity index (χ3n) is 3.60. The summed E-state index contributed by atoms with van der Waals surface area (Å²) in [6.45, 7) is 0.552. The van der Waals surface area contributed by atoms with Gasteiger partial charge in [-0.3, -0.25) is 9.59 Å². The van der Waals surface area contributed by atoms with Gasteiger partial charge in [-0.1, -0.05) is 24.3 Å². The molecule has 0 radical (unpaired) electrons. The Balaban J connectivity index is 1.77. The average molecular weight is 363 g/mol. The summed E-state index contributed by atoms with van der Waals surface area (Å²) in [5.74, 6) is -2.66. The van der Waals surface area contributed by atoms with Gasteiger partial charge in [0.25, 0.3) is 0 Å². The maximum absolute atomic E-state index is 13.5. The Bertz CT molecular complexity index is 763. The fraction of sp³-hybridized carbons (Fsp3) is 0.263. The molecule has 0 aliphatic carbocycles. The summed E-state index contributed by atoms with van der Waals surface area (Å²) in [5.41, 5.74) is 0.823. The Kier molecular flexibility index (Phi) is 7.08. The first-order valence-electron chi connectivity index (χ1n) is 8.09. The van der Waals surface area contributed by atoms with Gasteiger partial charge in [0.05, 0.1) is 13.0 Å². The monoisotopic (exact) mass is 363 g/mol. The van der Waals surface area contributed by atoms with E-state index in [0.717, 1.165) is 11.6 Å². The minimum absolute atomic E-state index is 0.00705. The first kappa shape index (κ1) is 19.4. The van der Waals surface area contributed by atoms with E-state index in [1.165, 1.54) is 12.1 Å². The largest absolute Gasteiger partial charge is 0.494 e. The second kappa shape index (κ2) is 9.50. The van der Waals surface area contributed by atoms with Crippen LogP contribution in [-0.2, 0) is 22.6 Å². The van der Waals surface area contributed by atoms with Crippen LogP contribution in [0.1, 0.15) is 24.0 Å². The molecule has 26 heavy (non-hydrogen) atoms. The van der Waals surface area contributed by atoms with Crippen molar-refractivity contribution in [2.75, 3.05) is 6.61 Å². The van der Waals surface area contributed by atoms with E-state index in [4.69, 9.17) is 9.84 Å². The molecule has 2 rings (SSSR count). The van der Waals surface area contributed by atoms with Crippen molar-refractivity contribution < 1.29 is 28.2 Å². The topological polar surface area (TPSA) is 75.6 Å². The molecule has 0 fully saturated rings. The van der Waals surface area contributed by atoms with E-state index in [9.17, 15) is 18.4 Å². The lowest BCUT2D eigenvalue weighted by Crippen LogP contribution is -2.25. The molecule has 1 amide bonds. The number of hydrogen-bond acceptors (Lipinski definition) is 3. The quantitative estimate of drug-likeness (QED) is 0.672. The molecule has 0 atom stereocenters. The Labute approximate surface area is 149 Å². The van der Waals surface area contributed by atoms with E-state index >= 15 is 0 Å². The second-order valence-electron chi connectivity index (χ2n) is 5.66. The number of hydrogen-bond donors (Lipinski definition) is 2. The van der Waals surface area contributed by atoms with Gasteiger partial charge in [0.15, 0.2) is 11.6 Å². The molecule has 2 N–H and O–H groups in total. The molecule has 0 bridgehead atoms. The molecular weight excluding hydrogens is 344 g/mol. The molecule has 0 unspecified atom stereocenters. The van der Waals surface area contributed by atoms with Gasteiger partial charge in [-0.15, -0.1) is 0 Å². The number of carboxylic acid groups (broad SMARTS) is 1. The highest BCUT2D eigenvalue weighted by atomic mass is 19.2. The molecule has 2 aromatic carbocycles. The van der Waals surface area contributed by atoms with Crippen molar-refractivity contribution in [3.63, 3.8) is 0 Å². The second-order valence-corrected chi connectivity index (χ2v) is 5.66. The zero-order chi connectivity index (χ0) is 18.9. The lowest BCUT2D eigenvalue weighted by atomic mass is 10.1. The van der Waals surface area contributed by atoms with Crippen LogP contribution in [0.5, 0.6) is 5.75 Å². The van der Waals surface area contributed by atoms with E-state index in [2.05, 4.69) is 5.32 Å². The summed E-state index contributed by atoms with van der Waals surface area (Å²) in [6.07, 6.45) is 0.230. The van der Waals surface area contributed by atoms with Gasteiger partial charge in [0.2, 0.25) is 5.91 Å². The van der Waals surface area contributed by atoms with Crippen molar-refractivity contribution in [3.05, 3.63) is 65.2 Å². The van der Waals surface area contributed by atoms with Crippen molar-refractivity contribution in [2.45, 2.75) is 25.8 Å². The summed E-state index contributed by atoms with van der Waals surface area (Å²) in [4.78, 5) is 22.3. The van der Waals surface area contributed by atoms with Crippen molar-refractivity contribution in [3.8, 4) is 5.75 Å². The number of aliphatic carboxylic acids is 1. The lowest BCUT2D eigenvalue weighted by Gasteiger charge is -2.08. The van der Waals surface area contributed by atoms with Crippen LogP contribution in [0.25, 0.3) is 0 Å². The number of rotatable bonds is 9. The van der Waals surface area contributed by atoms with Gasteiger partial charge in [-0.25, -0.2) is 8.78 Å². The van der Waals surface area contributed by atoms with Crippen LogP contribution in [-0.4, -0.2) is 23.6 Å². The number of benzene rings is 2. The van der Waals surface area contributed by atoms with Crippen LogP contribution in [0.2, 0.25) is 0 Å². The molecule has 0 saturated heterocycles. The summed E-state index contributed by atoms with van der Waals surface area (Å²) in [5, 5.41) is 11.2. The first-order valence-corrected chi connectivity index (χ1v) is 8.09. The van der Waals surface area contributed by atoms with E-state index in [-0.39, 0.29) is 24.9 Å². The predicted molar refractivity (Wildman–Crippen MR) is 90.7 cm³/mol. The van der Waals surface area contributed by atoms with Crippen LogP contribution in [0.15, 0.2) is 42.5 Å². The average Bonchev–Trinajstić information content (AvgIpc) is 2.62. The highest BCUT2D eigenvalue weighted by Crippen LogP contribution is 2.14. The number of carbonyl (C=O) groups is 2. The maximum atomic E-state index is 13.5. The van der Waals surface area contributed by atoms with Gasteiger partial charge in [-0.05, 0) is 30.2 Å². The van der Waals surface area contributed by atoms with E-state index < -0.39 is 23.5 Å². The maximum Gasteiger partial charge on any atom is 0.303 e. The highest BCUT2D eigenvalue weighted by Gasteiger charge is 2.11. The van der Waals surface area contributed by atoms with E-state index in [1.54, 1.807) is 24.3 Å². The molecule has 0 aliphatic rings. The van der Waals surface area contributed by atoms with Crippen LogP contribution in [0, 0.1) is 11.6 Å². The third-order valence-corrected chi connectivity index (χ3v) is 3.60. The zero-order valence-corrected chi connectivity index (χ0v) is 14.0. The normalized spacial score (nSPS) is 10.4. The molecule has 0 aromatic heterocycles. The van der Waals surface area contributed by atoms with Crippen molar-refractivity contribution in [2.24, 2.45) is 0 Å². The molecular formula is C19H19F2NO4. The minimum Gasteiger partial charge on any atom is -0.494 e. The predicted octanol–water partition coefficient (Wildman–Crippen LogP) is 3.07. The Morgan fingerprint density at radius 1 is 1.08 bits per heavy atom. The third kappa shape index (κ3) is 6.16. The summed E-state index contributed by atoms with van der Waals surface area (Å²) >= 11 is 0. The smallest absolute Gasteiger partial charge is 0.303 e. The van der Waals surface area contributed by atoms with Crippen LogP contribution in [0.4, 0.5) is 8.78 Å². The fourth-order valence-corrected chi connectivity index (χ4v) is 2.24. The van der Waals surface area contributed by atoms with Crippen molar-refractivity contribution >= 4 is 11.9 Å². The molecule has 2 aromatic rings. The van der Waals surface area contributed by atoms with Gasteiger partial charge < -0.3 is 15.2 Å². The number of carboxylic acids is 1. The first-order chi connectivity index (χ1) is 12.5. The standard InChI is InChI=1S/C19H19F2NO4/c20-16-4-1-3-14(19(16)21)11-17(23)22-12-13-6-8-15(9-7-13)26-10-2-5-18(24)25/h1,3-4,6-9H,2,5,10-12H2,(H,22,23)(H,24,25). The number of amides is 1. The summed E-state index contributed by atoms with van der Waals surface area (Å²) in [7, 11) is 0. The molecule has 0 aliphatic heterocycles. The minimum atomic E-state index is -1.01. The van der Waals surface area contributed by atoms with E-state index in [0.29, 0.717) is 18.8 Å². The molecule has 0 heterocycles. The van der Waals surface area contributed by atoms with Crippen molar-refractivity contribution in [1.29, 1.82) is 0 Å². The van der Waals surface area contributed by atoms with Gasteiger partial charge in [-0.2, -0.15) is 0 Å². The Morgan fingerprint density at radius 2 is 1.81 bits per heavy atom. The summed E-state index contributed by atoms with van der Waals surface area (Å²) in [6, 6.07) is 10.7. The zero-order valence-electron chi connectivity index (χ0n) is 14.0. The number of carbonyl (C=O) groups excluding carboxylic acids is 1. The van der Waals surface area contributed by atoms with Gasteiger partial charge in [0, 0.05) is 18.5 Å². The number of ether oxygens (including phenoxy) is 1. The van der Waals surface area contributed by atoms with Crippen molar-refractivity contribution in [1.82, 2.24) is 5.32 Å². The Morgan fingerprint density at radius 3 is 2.50 bits per heavy atom. The molecule has 0 spiro atoms. The van der Waals surface area contributed by atoms with Crippen LogP contribution < -0.4 is 10.1 Å².